The molecule has 1 heterocycles. The van der Waals surface area contributed by atoms with Gasteiger partial charge in [0.2, 0.25) is 0 Å². The molecule has 26 heavy (non-hydrogen) atoms. The maximum atomic E-state index is 12.4. The van der Waals surface area contributed by atoms with Gasteiger partial charge in [0, 0.05) is 18.7 Å². The number of benzene rings is 1. The molecule has 3 N–H and O–H groups in total. The van der Waals surface area contributed by atoms with Crippen molar-refractivity contribution in [3.05, 3.63) is 53.9 Å². The molecule has 1 saturated carbocycles. The van der Waals surface area contributed by atoms with Gasteiger partial charge in [0.25, 0.3) is 5.91 Å². The van der Waals surface area contributed by atoms with Gasteiger partial charge in [-0.25, -0.2) is 0 Å². The second kappa shape index (κ2) is 7.72. The molecule has 3 rings (SSSR count). The SMILES string of the molecule is COc1cccc(O[C@@H]2C[C@@H](NC(=O)c3ncccc3C)[C@H](O)[C@H]2O)c1. The Hall–Kier alpha value is -2.64. The summed E-state index contributed by atoms with van der Waals surface area (Å²) in [6, 6.07) is 9.90. The normalized spacial score (nSPS) is 24.9. The van der Waals surface area contributed by atoms with E-state index in [0.717, 1.165) is 5.56 Å². The Kier molecular flexibility index (Phi) is 5.39. The number of carbonyl (C=O) groups excluding carboxylic acids is 1. The highest BCUT2D eigenvalue weighted by Gasteiger charge is 2.44. The van der Waals surface area contributed by atoms with E-state index in [1.165, 1.54) is 6.20 Å². The van der Waals surface area contributed by atoms with E-state index < -0.39 is 24.4 Å². The number of aromatic nitrogens is 1. The van der Waals surface area contributed by atoms with Gasteiger partial charge in [-0.3, -0.25) is 9.78 Å². The first-order valence-electron chi connectivity index (χ1n) is 8.39. The average molecular weight is 358 g/mol. The maximum absolute atomic E-state index is 12.4. The largest absolute Gasteiger partial charge is 0.497 e. The molecule has 2 aromatic rings. The van der Waals surface area contributed by atoms with Crippen LogP contribution in [0, 0.1) is 6.92 Å². The van der Waals surface area contributed by atoms with Gasteiger partial charge in [-0.2, -0.15) is 0 Å². The number of nitrogens with zero attached hydrogens (tertiary/aromatic N) is 1. The monoisotopic (exact) mass is 358 g/mol. The van der Waals surface area contributed by atoms with Gasteiger partial charge in [0.15, 0.2) is 0 Å². The molecule has 1 aliphatic carbocycles. The molecular formula is C19H22N2O5. The van der Waals surface area contributed by atoms with Crippen molar-refractivity contribution in [3.8, 4) is 11.5 Å². The number of ether oxygens (including phenoxy) is 2. The number of hydrogen-bond acceptors (Lipinski definition) is 6. The fraction of sp³-hybridized carbons (Fsp3) is 0.368. The van der Waals surface area contributed by atoms with Gasteiger partial charge in [0.05, 0.1) is 13.2 Å². The summed E-state index contributed by atoms with van der Waals surface area (Å²) in [7, 11) is 1.55. The fourth-order valence-corrected chi connectivity index (χ4v) is 3.06. The molecule has 1 aromatic carbocycles. The molecule has 0 spiro atoms. The summed E-state index contributed by atoms with van der Waals surface area (Å²) in [4.78, 5) is 16.5. The third kappa shape index (κ3) is 3.79. The van der Waals surface area contributed by atoms with Crippen molar-refractivity contribution in [3.63, 3.8) is 0 Å². The molecule has 0 aliphatic heterocycles. The lowest BCUT2D eigenvalue weighted by Gasteiger charge is -2.18. The van der Waals surface area contributed by atoms with Gasteiger partial charge in [-0.05, 0) is 30.7 Å². The number of rotatable bonds is 5. The Bertz CT molecular complexity index is 782. The predicted molar refractivity (Wildman–Crippen MR) is 94.3 cm³/mol. The molecule has 0 unspecified atom stereocenters. The molecule has 7 heteroatoms. The minimum Gasteiger partial charge on any atom is -0.497 e. The number of carbonyl (C=O) groups is 1. The summed E-state index contributed by atoms with van der Waals surface area (Å²) in [6.45, 7) is 1.79. The number of aliphatic hydroxyl groups excluding tert-OH is 2. The lowest BCUT2D eigenvalue weighted by atomic mass is 10.1. The van der Waals surface area contributed by atoms with E-state index >= 15 is 0 Å². The minimum absolute atomic E-state index is 0.275. The van der Waals surface area contributed by atoms with Crippen molar-refractivity contribution in [2.24, 2.45) is 0 Å². The van der Waals surface area contributed by atoms with Crippen molar-refractivity contribution in [1.29, 1.82) is 0 Å². The number of amides is 1. The molecule has 0 radical (unpaired) electrons. The van der Waals surface area contributed by atoms with Crippen LogP contribution in [-0.2, 0) is 0 Å². The summed E-state index contributed by atoms with van der Waals surface area (Å²) < 4.78 is 10.9. The zero-order chi connectivity index (χ0) is 18.7. The Labute approximate surface area is 151 Å². The average Bonchev–Trinajstić information content (AvgIpc) is 2.90. The van der Waals surface area contributed by atoms with E-state index in [-0.39, 0.29) is 12.3 Å². The summed E-state index contributed by atoms with van der Waals surface area (Å²) in [5, 5.41) is 23.3. The Morgan fingerprint density at radius 1 is 1.19 bits per heavy atom. The number of hydrogen-bond donors (Lipinski definition) is 3. The molecule has 4 atom stereocenters. The first-order valence-corrected chi connectivity index (χ1v) is 8.39. The topological polar surface area (TPSA) is 101 Å². The van der Waals surface area contributed by atoms with E-state index in [2.05, 4.69) is 10.3 Å². The highest BCUT2D eigenvalue weighted by atomic mass is 16.5. The third-order valence-electron chi connectivity index (χ3n) is 4.50. The van der Waals surface area contributed by atoms with E-state index in [4.69, 9.17) is 9.47 Å². The summed E-state index contributed by atoms with van der Waals surface area (Å²) in [6.07, 6.45) is -1.07. The zero-order valence-corrected chi connectivity index (χ0v) is 14.6. The Morgan fingerprint density at radius 2 is 1.96 bits per heavy atom. The van der Waals surface area contributed by atoms with E-state index in [1.54, 1.807) is 50.4 Å². The first kappa shape index (κ1) is 18.2. The Balaban J connectivity index is 1.67. The number of aryl methyl sites for hydroxylation is 1. The van der Waals surface area contributed by atoms with E-state index in [1.807, 2.05) is 0 Å². The molecular weight excluding hydrogens is 336 g/mol. The predicted octanol–water partition coefficient (Wildman–Crippen LogP) is 1.07. The van der Waals surface area contributed by atoms with E-state index in [9.17, 15) is 15.0 Å². The van der Waals surface area contributed by atoms with Crippen molar-refractivity contribution in [1.82, 2.24) is 10.3 Å². The summed E-state index contributed by atoms with van der Waals surface area (Å²) >= 11 is 0. The van der Waals surface area contributed by atoms with Crippen molar-refractivity contribution in [2.75, 3.05) is 7.11 Å². The van der Waals surface area contributed by atoms with Gasteiger partial charge in [-0.15, -0.1) is 0 Å². The van der Waals surface area contributed by atoms with Crippen molar-refractivity contribution < 1.29 is 24.5 Å². The van der Waals surface area contributed by atoms with Gasteiger partial charge in [-0.1, -0.05) is 12.1 Å². The van der Waals surface area contributed by atoms with E-state index in [0.29, 0.717) is 17.2 Å². The molecule has 1 aromatic heterocycles. The Morgan fingerprint density at radius 3 is 2.69 bits per heavy atom. The molecule has 1 amide bonds. The standard InChI is InChI=1S/C19H22N2O5/c1-11-5-4-8-20-16(11)19(24)21-14-10-15(18(23)17(14)22)26-13-7-3-6-12(9-13)25-2/h3-9,14-15,17-18,22-23H,10H2,1-2H3,(H,21,24)/t14-,15-,17+,18+/m1/s1. The number of nitrogens with one attached hydrogen (secondary N) is 1. The van der Waals surface area contributed by atoms with Crippen molar-refractivity contribution in [2.45, 2.75) is 37.7 Å². The summed E-state index contributed by atoms with van der Waals surface area (Å²) in [5.41, 5.74) is 1.04. The second-order valence-corrected chi connectivity index (χ2v) is 6.30. The number of methoxy groups -OCH3 is 1. The number of pyridine rings is 1. The minimum atomic E-state index is -1.13. The van der Waals surface area contributed by atoms with Crippen LogP contribution in [0.4, 0.5) is 0 Å². The van der Waals surface area contributed by atoms with Gasteiger partial charge in [0.1, 0.15) is 35.5 Å². The smallest absolute Gasteiger partial charge is 0.270 e. The highest BCUT2D eigenvalue weighted by molar-refractivity contribution is 5.93. The quantitative estimate of drug-likeness (QED) is 0.739. The highest BCUT2D eigenvalue weighted by Crippen LogP contribution is 2.28. The van der Waals surface area contributed by atoms with Crippen LogP contribution < -0.4 is 14.8 Å². The lowest BCUT2D eigenvalue weighted by Crippen LogP contribution is -2.43. The van der Waals surface area contributed by atoms with Crippen LogP contribution in [0.15, 0.2) is 42.6 Å². The molecule has 0 bridgehead atoms. The van der Waals surface area contributed by atoms with Crippen LogP contribution in [0.5, 0.6) is 11.5 Å². The van der Waals surface area contributed by atoms with Crippen LogP contribution in [0.3, 0.4) is 0 Å². The first-order chi connectivity index (χ1) is 12.5. The van der Waals surface area contributed by atoms with Crippen LogP contribution in [0.2, 0.25) is 0 Å². The van der Waals surface area contributed by atoms with Crippen LogP contribution in [-0.4, -0.2) is 52.6 Å². The third-order valence-corrected chi connectivity index (χ3v) is 4.50. The van der Waals surface area contributed by atoms with Crippen LogP contribution >= 0.6 is 0 Å². The van der Waals surface area contributed by atoms with Crippen LogP contribution in [0.1, 0.15) is 22.5 Å². The van der Waals surface area contributed by atoms with Gasteiger partial charge >= 0.3 is 0 Å². The second-order valence-electron chi connectivity index (χ2n) is 6.30. The fourth-order valence-electron chi connectivity index (χ4n) is 3.06. The molecule has 1 fully saturated rings. The summed E-state index contributed by atoms with van der Waals surface area (Å²) in [5.74, 6) is 0.764. The molecule has 138 valence electrons. The molecule has 1 aliphatic rings. The number of aliphatic hydroxyl groups is 2. The molecule has 0 saturated heterocycles. The van der Waals surface area contributed by atoms with Crippen molar-refractivity contribution >= 4 is 5.91 Å². The van der Waals surface area contributed by atoms with Crippen LogP contribution in [0.25, 0.3) is 0 Å². The lowest BCUT2D eigenvalue weighted by molar-refractivity contribution is -0.0135. The molecule has 7 nitrogen and oxygen atoms in total. The van der Waals surface area contributed by atoms with Gasteiger partial charge < -0.3 is 25.0 Å². The maximum Gasteiger partial charge on any atom is 0.270 e. The zero-order valence-electron chi connectivity index (χ0n) is 14.6.